The quantitative estimate of drug-likeness (QED) is 0.739. The molecule has 0 saturated carbocycles. The molecule has 3 aromatic rings. The van der Waals surface area contributed by atoms with Gasteiger partial charge in [-0.15, -0.1) is 0 Å². The van der Waals surface area contributed by atoms with Gasteiger partial charge in [-0.25, -0.2) is 9.37 Å². The van der Waals surface area contributed by atoms with Crippen molar-refractivity contribution in [3.05, 3.63) is 70.7 Å². The summed E-state index contributed by atoms with van der Waals surface area (Å²) >= 11 is 0. The SMILES string of the molecule is Cc1ccc(C)c(N(c2cc(C)ccc2C)c2nc(N)ncc2F)c1. The minimum atomic E-state index is -0.518. The fourth-order valence-electron chi connectivity index (χ4n) is 2.81. The highest BCUT2D eigenvalue weighted by atomic mass is 19.1. The van der Waals surface area contributed by atoms with E-state index in [1.807, 2.05) is 69.0 Å². The summed E-state index contributed by atoms with van der Waals surface area (Å²) in [6.07, 6.45) is 1.11. The van der Waals surface area contributed by atoms with Gasteiger partial charge < -0.3 is 5.73 Å². The fraction of sp³-hybridized carbons (Fsp3) is 0.200. The summed E-state index contributed by atoms with van der Waals surface area (Å²) in [7, 11) is 0. The molecule has 3 rings (SSSR count). The van der Waals surface area contributed by atoms with Gasteiger partial charge in [0.15, 0.2) is 11.6 Å². The summed E-state index contributed by atoms with van der Waals surface area (Å²) in [5, 5.41) is 0. The summed E-state index contributed by atoms with van der Waals surface area (Å²) in [6, 6.07) is 12.1. The first-order valence-electron chi connectivity index (χ1n) is 8.09. The standard InChI is InChI=1S/C20H21FN4/c1-12-5-7-14(3)17(9-12)25(18-10-13(2)6-8-15(18)4)19-16(21)11-23-20(22)24-19/h5-11H,1-4H3,(H2,22,23,24). The Bertz CT molecular complexity index is 815. The van der Waals surface area contributed by atoms with Crippen LogP contribution >= 0.6 is 0 Å². The van der Waals surface area contributed by atoms with Gasteiger partial charge in [-0.3, -0.25) is 4.90 Å². The van der Waals surface area contributed by atoms with Crippen LogP contribution in [0.1, 0.15) is 22.3 Å². The zero-order chi connectivity index (χ0) is 18.1. The van der Waals surface area contributed by atoms with Crippen LogP contribution in [0.5, 0.6) is 0 Å². The Kier molecular flexibility index (Phi) is 4.40. The van der Waals surface area contributed by atoms with Gasteiger partial charge in [0.1, 0.15) is 0 Å². The van der Waals surface area contributed by atoms with Crippen LogP contribution in [-0.4, -0.2) is 9.97 Å². The summed E-state index contributed by atoms with van der Waals surface area (Å²) in [5.41, 5.74) is 11.7. The van der Waals surface area contributed by atoms with Crippen LogP contribution in [0.25, 0.3) is 0 Å². The van der Waals surface area contributed by atoms with Gasteiger partial charge >= 0.3 is 0 Å². The van der Waals surface area contributed by atoms with E-state index < -0.39 is 5.82 Å². The number of nitrogen functional groups attached to an aromatic ring is 1. The molecular weight excluding hydrogens is 315 g/mol. The van der Waals surface area contributed by atoms with E-state index in [1.165, 1.54) is 0 Å². The van der Waals surface area contributed by atoms with Crippen molar-refractivity contribution in [2.24, 2.45) is 0 Å². The average molecular weight is 336 g/mol. The Morgan fingerprint density at radius 1 is 0.880 bits per heavy atom. The van der Waals surface area contributed by atoms with E-state index >= 15 is 0 Å². The van der Waals surface area contributed by atoms with Crippen molar-refractivity contribution in [1.82, 2.24) is 9.97 Å². The molecule has 0 radical (unpaired) electrons. The van der Waals surface area contributed by atoms with Crippen LogP contribution in [0.3, 0.4) is 0 Å². The third-order valence-electron chi connectivity index (χ3n) is 4.17. The predicted octanol–water partition coefficient (Wildman–Crippen LogP) is 4.90. The maximum absolute atomic E-state index is 14.6. The summed E-state index contributed by atoms with van der Waals surface area (Å²) < 4.78 is 14.6. The molecule has 1 aromatic heterocycles. The first-order chi connectivity index (χ1) is 11.9. The van der Waals surface area contributed by atoms with Crippen LogP contribution < -0.4 is 10.6 Å². The Balaban J connectivity index is 2.34. The van der Waals surface area contributed by atoms with Gasteiger partial charge in [-0.1, -0.05) is 24.3 Å². The van der Waals surface area contributed by atoms with Crippen LogP contribution in [0.4, 0.5) is 27.5 Å². The molecule has 0 unspecified atom stereocenters. The van der Waals surface area contributed by atoms with Gasteiger partial charge in [0.2, 0.25) is 5.95 Å². The summed E-state index contributed by atoms with van der Waals surface area (Å²) in [4.78, 5) is 9.76. The number of halogens is 1. The van der Waals surface area contributed by atoms with Crippen LogP contribution in [0, 0.1) is 33.5 Å². The predicted molar refractivity (Wildman–Crippen MR) is 100 cm³/mol. The van der Waals surface area contributed by atoms with Crippen molar-refractivity contribution in [3.63, 3.8) is 0 Å². The Labute approximate surface area is 147 Å². The molecule has 25 heavy (non-hydrogen) atoms. The minimum Gasteiger partial charge on any atom is -0.368 e. The summed E-state index contributed by atoms with van der Waals surface area (Å²) in [5.74, 6) is -0.331. The second-order valence-corrected chi connectivity index (χ2v) is 6.32. The van der Waals surface area contributed by atoms with Crippen molar-refractivity contribution in [3.8, 4) is 0 Å². The molecule has 0 bridgehead atoms. The Hall–Kier alpha value is -2.95. The lowest BCUT2D eigenvalue weighted by molar-refractivity contribution is 0.616. The van der Waals surface area contributed by atoms with Gasteiger partial charge in [0, 0.05) is 0 Å². The molecule has 0 saturated heterocycles. The Morgan fingerprint density at radius 3 is 1.92 bits per heavy atom. The molecule has 0 spiro atoms. The van der Waals surface area contributed by atoms with Crippen molar-refractivity contribution >= 4 is 23.1 Å². The number of rotatable bonds is 3. The lowest BCUT2D eigenvalue weighted by Gasteiger charge is -2.28. The average Bonchev–Trinajstić information content (AvgIpc) is 2.57. The van der Waals surface area contributed by atoms with Gasteiger partial charge in [-0.2, -0.15) is 4.98 Å². The summed E-state index contributed by atoms with van der Waals surface area (Å²) in [6.45, 7) is 8.01. The third-order valence-corrected chi connectivity index (χ3v) is 4.17. The molecule has 2 aromatic carbocycles. The highest BCUT2D eigenvalue weighted by Gasteiger charge is 2.22. The maximum Gasteiger partial charge on any atom is 0.222 e. The molecule has 0 amide bonds. The number of anilines is 4. The number of nitrogens with zero attached hydrogens (tertiary/aromatic N) is 3. The van der Waals surface area contributed by atoms with E-state index in [1.54, 1.807) is 0 Å². The number of aryl methyl sites for hydroxylation is 4. The normalized spacial score (nSPS) is 10.8. The number of aromatic nitrogens is 2. The first kappa shape index (κ1) is 16.9. The zero-order valence-corrected chi connectivity index (χ0v) is 14.8. The monoisotopic (exact) mass is 336 g/mol. The van der Waals surface area contributed by atoms with E-state index in [4.69, 9.17) is 5.73 Å². The lowest BCUT2D eigenvalue weighted by Crippen LogP contribution is -2.17. The van der Waals surface area contributed by atoms with E-state index in [0.29, 0.717) is 0 Å². The molecule has 0 aliphatic heterocycles. The number of hydrogen-bond donors (Lipinski definition) is 1. The molecular formula is C20H21FN4. The van der Waals surface area contributed by atoms with Crippen molar-refractivity contribution in [2.75, 3.05) is 10.6 Å². The molecule has 128 valence electrons. The number of benzene rings is 2. The fourth-order valence-corrected chi connectivity index (χ4v) is 2.81. The topological polar surface area (TPSA) is 55.0 Å². The van der Waals surface area contributed by atoms with E-state index in [0.717, 1.165) is 39.8 Å². The van der Waals surface area contributed by atoms with Crippen molar-refractivity contribution in [2.45, 2.75) is 27.7 Å². The maximum atomic E-state index is 14.6. The smallest absolute Gasteiger partial charge is 0.222 e. The second kappa shape index (κ2) is 6.51. The molecule has 0 aliphatic carbocycles. The van der Waals surface area contributed by atoms with Gasteiger partial charge in [0.05, 0.1) is 17.6 Å². The zero-order valence-electron chi connectivity index (χ0n) is 14.8. The molecule has 2 N–H and O–H groups in total. The largest absolute Gasteiger partial charge is 0.368 e. The van der Waals surface area contributed by atoms with E-state index in [-0.39, 0.29) is 11.8 Å². The van der Waals surface area contributed by atoms with Gasteiger partial charge in [0.25, 0.3) is 0 Å². The molecule has 5 heteroatoms. The lowest BCUT2D eigenvalue weighted by atomic mass is 10.1. The highest BCUT2D eigenvalue weighted by Crippen LogP contribution is 2.39. The number of nitrogens with two attached hydrogens (primary N) is 1. The van der Waals surface area contributed by atoms with E-state index in [9.17, 15) is 4.39 Å². The van der Waals surface area contributed by atoms with Crippen LogP contribution in [0.15, 0.2) is 42.6 Å². The molecule has 0 aliphatic rings. The number of hydrogen-bond acceptors (Lipinski definition) is 4. The van der Waals surface area contributed by atoms with Crippen LogP contribution in [-0.2, 0) is 0 Å². The van der Waals surface area contributed by atoms with Crippen molar-refractivity contribution < 1.29 is 4.39 Å². The highest BCUT2D eigenvalue weighted by molar-refractivity contribution is 5.79. The molecule has 0 fully saturated rings. The molecule has 1 heterocycles. The Morgan fingerprint density at radius 2 is 1.40 bits per heavy atom. The van der Waals surface area contributed by atoms with E-state index in [2.05, 4.69) is 9.97 Å². The van der Waals surface area contributed by atoms with Crippen molar-refractivity contribution in [1.29, 1.82) is 0 Å². The molecule has 0 atom stereocenters. The minimum absolute atomic E-state index is 0.0389. The third kappa shape index (κ3) is 3.31. The van der Waals surface area contributed by atoms with Crippen LogP contribution in [0.2, 0.25) is 0 Å². The first-order valence-corrected chi connectivity index (χ1v) is 8.09. The van der Waals surface area contributed by atoms with Gasteiger partial charge in [-0.05, 0) is 62.1 Å². The molecule has 4 nitrogen and oxygen atoms in total. The second-order valence-electron chi connectivity index (χ2n) is 6.32.